The zero-order valence-corrected chi connectivity index (χ0v) is 14.5. The standard InChI is InChI=1S/C13H11ClF2N4O5S/c1-25-13-18-8(5-21)17-11(19-13)10(22)6-3-2-4-7(14)9(6)20-26(23,24)12(15)16/h2-5,10,12,20,22H,1H3. The highest BCUT2D eigenvalue weighted by Crippen LogP contribution is 2.34. The van der Waals surface area contributed by atoms with Gasteiger partial charge in [-0.2, -0.15) is 18.7 Å². The molecule has 2 rings (SSSR count). The van der Waals surface area contributed by atoms with Crippen molar-refractivity contribution in [3.8, 4) is 6.01 Å². The van der Waals surface area contributed by atoms with Crippen molar-refractivity contribution in [2.24, 2.45) is 0 Å². The zero-order valence-electron chi connectivity index (χ0n) is 12.9. The first-order valence-corrected chi connectivity index (χ1v) is 8.63. The Hall–Kier alpha value is -2.44. The fourth-order valence-electron chi connectivity index (χ4n) is 1.86. The van der Waals surface area contributed by atoms with Crippen LogP contribution < -0.4 is 9.46 Å². The fourth-order valence-corrected chi connectivity index (χ4v) is 2.74. The number of halogens is 3. The molecule has 0 spiro atoms. The van der Waals surface area contributed by atoms with E-state index in [1.807, 2.05) is 0 Å². The van der Waals surface area contributed by atoms with E-state index in [1.165, 1.54) is 25.3 Å². The molecule has 13 heteroatoms. The molecule has 0 amide bonds. The fraction of sp³-hybridized carbons (Fsp3) is 0.231. The maximum Gasteiger partial charge on any atom is 0.355 e. The van der Waals surface area contributed by atoms with Gasteiger partial charge in [0, 0.05) is 5.56 Å². The number of ether oxygens (including phenoxy) is 1. The number of nitrogens with one attached hydrogen (secondary N) is 1. The summed E-state index contributed by atoms with van der Waals surface area (Å²) in [4.78, 5) is 21.9. The van der Waals surface area contributed by atoms with E-state index in [0.717, 1.165) is 0 Å². The van der Waals surface area contributed by atoms with Gasteiger partial charge in [-0.05, 0) is 6.07 Å². The summed E-state index contributed by atoms with van der Waals surface area (Å²) in [5.74, 6) is -4.45. The first-order valence-electron chi connectivity index (χ1n) is 6.71. The number of hydrogen-bond donors (Lipinski definition) is 2. The predicted molar refractivity (Wildman–Crippen MR) is 85.8 cm³/mol. The van der Waals surface area contributed by atoms with Crippen LogP contribution in [0, 0.1) is 0 Å². The normalized spacial score (nSPS) is 12.7. The minimum atomic E-state index is -5.05. The Morgan fingerprint density at radius 1 is 1.31 bits per heavy atom. The summed E-state index contributed by atoms with van der Waals surface area (Å²) in [7, 11) is -3.84. The van der Waals surface area contributed by atoms with Crippen LogP contribution in [0.3, 0.4) is 0 Å². The molecule has 140 valence electrons. The molecule has 0 saturated heterocycles. The molecule has 1 aromatic carbocycles. The minimum absolute atomic E-state index is 0.216. The molecule has 1 aromatic heterocycles. The third-order valence-corrected chi connectivity index (χ3v) is 4.27. The molecule has 0 aliphatic carbocycles. The zero-order chi connectivity index (χ0) is 19.5. The van der Waals surface area contributed by atoms with Crippen LogP contribution in [0.2, 0.25) is 5.02 Å². The molecule has 1 unspecified atom stereocenters. The van der Waals surface area contributed by atoms with Crippen LogP contribution in [0.15, 0.2) is 18.2 Å². The van der Waals surface area contributed by atoms with Gasteiger partial charge in [0.05, 0.1) is 17.8 Å². The molecule has 1 heterocycles. The van der Waals surface area contributed by atoms with E-state index in [2.05, 4.69) is 15.0 Å². The molecule has 2 aromatic rings. The number of rotatable bonds is 7. The highest BCUT2D eigenvalue weighted by molar-refractivity contribution is 7.93. The summed E-state index contributed by atoms with van der Waals surface area (Å²) < 4.78 is 54.6. The Kier molecular flexibility index (Phi) is 6.00. The lowest BCUT2D eigenvalue weighted by atomic mass is 10.1. The quantitative estimate of drug-likeness (QED) is 0.657. The van der Waals surface area contributed by atoms with Crippen molar-refractivity contribution in [3.05, 3.63) is 40.4 Å². The van der Waals surface area contributed by atoms with Gasteiger partial charge in [-0.3, -0.25) is 9.52 Å². The maximum absolute atomic E-state index is 12.6. The lowest BCUT2D eigenvalue weighted by Crippen LogP contribution is -2.22. The van der Waals surface area contributed by atoms with Crippen molar-refractivity contribution in [3.63, 3.8) is 0 Å². The number of methoxy groups -OCH3 is 1. The van der Waals surface area contributed by atoms with Gasteiger partial charge in [0.15, 0.2) is 17.9 Å². The number of aldehydes is 1. The van der Waals surface area contributed by atoms with Gasteiger partial charge in [-0.15, -0.1) is 0 Å². The monoisotopic (exact) mass is 408 g/mol. The van der Waals surface area contributed by atoms with Crippen LogP contribution in [0.4, 0.5) is 14.5 Å². The molecule has 26 heavy (non-hydrogen) atoms. The van der Waals surface area contributed by atoms with Gasteiger partial charge >= 0.3 is 11.8 Å². The molecule has 9 nitrogen and oxygen atoms in total. The van der Waals surface area contributed by atoms with Gasteiger partial charge in [-0.25, -0.2) is 13.4 Å². The van der Waals surface area contributed by atoms with Crippen LogP contribution in [0.5, 0.6) is 6.01 Å². The van der Waals surface area contributed by atoms with Crippen molar-refractivity contribution in [1.82, 2.24) is 15.0 Å². The Labute approximate surface area is 151 Å². The third-order valence-electron chi connectivity index (χ3n) is 3.00. The number of benzene rings is 1. The second kappa shape index (κ2) is 7.85. The van der Waals surface area contributed by atoms with Gasteiger partial charge in [0.2, 0.25) is 0 Å². The van der Waals surface area contributed by atoms with E-state index in [1.54, 1.807) is 4.72 Å². The van der Waals surface area contributed by atoms with Crippen LogP contribution in [0.1, 0.15) is 28.1 Å². The summed E-state index contributed by atoms with van der Waals surface area (Å²) in [5.41, 5.74) is -0.694. The summed E-state index contributed by atoms with van der Waals surface area (Å²) in [6, 6.07) is 3.51. The highest BCUT2D eigenvalue weighted by atomic mass is 35.5. The molecular weight excluding hydrogens is 398 g/mol. The van der Waals surface area contributed by atoms with Gasteiger partial charge < -0.3 is 9.84 Å². The summed E-state index contributed by atoms with van der Waals surface area (Å²) in [6.07, 6.45) is -1.45. The SMILES string of the molecule is COc1nc(C=O)nc(C(O)c2cccc(Cl)c2NS(=O)(=O)C(F)F)n1. The van der Waals surface area contributed by atoms with E-state index >= 15 is 0 Å². The van der Waals surface area contributed by atoms with E-state index < -0.39 is 27.6 Å². The third kappa shape index (κ3) is 4.20. The van der Waals surface area contributed by atoms with Crippen molar-refractivity contribution in [2.45, 2.75) is 11.9 Å². The number of carbonyl (C=O) groups is 1. The summed E-state index contributed by atoms with van der Waals surface area (Å²) >= 11 is 5.87. The molecule has 0 aliphatic rings. The summed E-state index contributed by atoms with van der Waals surface area (Å²) in [6.45, 7) is 0. The minimum Gasteiger partial charge on any atom is -0.467 e. The van der Waals surface area contributed by atoms with E-state index in [9.17, 15) is 27.1 Å². The van der Waals surface area contributed by atoms with E-state index in [4.69, 9.17) is 16.3 Å². The van der Waals surface area contributed by atoms with Crippen LogP contribution in [0.25, 0.3) is 0 Å². The molecule has 0 radical (unpaired) electrons. The second-order valence-electron chi connectivity index (χ2n) is 4.67. The Morgan fingerprint density at radius 2 is 2.00 bits per heavy atom. The van der Waals surface area contributed by atoms with Crippen LogP contribution >= 0.6 is 11.6 Å². The largest absolute Gasteiger partial charge is 0.467 e. The number of aliphatic hydroxyl groups is 1. The van der Waals surface area contributed by atoms with Crippen molar-refractivity contribution >= 4 is 33.6 Å². The van der Waals surface area contributed by atoms with Gasteiger partial charge in [-0.1, -0.05) is 23.7 Å². The molecule has 0 saturated carbocycles. The van der Waals surface area contributed by atoms with E-state index in [-0.39, 0.29) is 34.5 Å². The Morgan fingerprint density at radius 3 is 2.58 bits per heavy atom. The molecule has 0 aliphatic heterocycles. The Bertz CT molecular complexity index is 929. The number of aliphatic hydroxyl groups excluding tert-OH is 1. The molecule has 0 fully saturated rings. The maximum atomic E-state index is 12.6. The van der Waals surface area contributed by atoms with E-state index in [0.29, 0.717) is 0 Å². The van der Waals surface area contributed by atoms with Crippen LogP contribution in [-0.2, 0) is 10.0 Å². The lowest BCUT2D eigenvalue weighted by Gasteiger charge is -2.17. The number of para-hydroxylation sites is 1. The number of aromatic nitrogens is 3. The summed E-state index contributed by atoms with van der Waals surface area (Å²) in [5, 5.41) is 10.2. The number of anilines is 1. The Balaban J connectivity index is 2.55. The highest BCUT2D eigenvalue weighted by Gasteiger charge is 2.28. The molecule has 1 atom stereocenters. The number of carbonyl (C=O) groups excluding carboxylic acids is 1. The van der Waals surface area contributed by atoms with Gasteiger partial charge in [0.25, 0.3) is 10.0 Å². The van der Waals surface area contributed by atoms with Gasteiger partial charge in [0.1, 0.15) is 6.10 Å². The number of alkyl halides is 2. The van der Waals surface area contributed by atoms with Crippen molar-refractivity contribution in [2.75, 3.05) is 11.8 Å². The number of hydrogen-bond acceptors (Lipinski definition) is 8. The topological polar surface area (TPSA) is 131 Å². The second-order valence-corrected chi connectivity index (χ2v) is 6.73. The number of sulfonamides is 1. The average molecular weight is 409 g/mol. The average Bonchev–Trinajstić information content (AvgIpc) is 2.62. The molecule has 2 N–H and O–H groups in total. The smallest absolute Gasteiger partial charge is 0.355 e. The lowest BCUT2D eigenvalue weighted by molar-refractivity contribution is 0.111. The number of nitrogens with zero attached hydrogens (tertiary/aromatic N) is 3. The molecular formula is C13H11ClF2N4O5S. The first-order chi connectivity index (χ1) is 12.2. The van der Waals surface area contributed by atoms with Crippen molar-refractivity contribution < 1.29 is 31.8 Å². The molecule has 0 bridgehead atoms. The first kappa shape index (κ1) is 19.9. The van der Waals surface area contributed by atoms with Crippen LogP contribution in [-0.4, -0.2) is 47.6 Å². The van der Waals surface area contributed by atoms with Crippen molar-refractivity contribution in [1.29, 1.82) is 0 Å². The predicted octanol–water partition coefficient (Wildman–Crippen LogP) is 1.39.